The lowest BCUT2D eigenvalue weighted by Gasteiger charge is -2.18. The predicted octanol–water partition coefficient (Wildman–Crippen LogP) is 1.91. The van der Waals surface area contributed by atoms with Crippen LogP contribution in [0, 0.1) is 11.8 Å². The maximum atomic E-state index is 11.9. The Morgan fingerprint density at radius 1 is 1.47 bits per heavy atom. The fourth-order valence-corrected chi connectivity index (χ4v) is 3.38. The zero-order valence-corrected chi connectivity index (χ0v) is 11.5. The maximum Gasteiger partial charge on any atom is 0.351 e. The summed E-state index contributed by atoms with van der Waals surface area (Å²) in [6, 6.07) is 3.93. The molecule has 96 valence electrons. The highest BCUT2D eigenvalue weighted by Gasteiger charge is 2.21. The second-order valence-electron chi connectivity index (χ2n) is 4.21. The summed E-state index contributed by atoms with van der Waals surface area (Å²) in [5, 5.41) is 0. The average molecular weight is 272 g/mol. The number of rotatable bonds is 1. The fraction of sp³-hybridized carbons (Fsp3) is 0.286. The highest BCUT2D eigenvalue weighted by Crippen LogP contribution is 2.36. The molecule has 0 aliphatic carbocycles. The fourth-order valence-electron chi connectivity index (χ4n) is 2.24. The molecule has 0 atom stereocenters. The van der Waals surface area contributed by atoms with Gasteiger partial charge in [0.2, 0.25) is 5.88 Å². The van der Waals surface area contributed by atoms with Gasteiger partial charge in [0, 0.05) is 12.6 Å². The number of ether oxygens (including phenoxy) is 1. The lowest BCUT2D eigenvalue weighted by molar-refractivity contribution is 0.392. The van der Waals surface area contributed by atoms with Crippen LogP contribution in [0.5, 0.6) is 5.88 Å². The zero-order chi connectivity index (χ0) is 13.4. The maximum absolute atomic E-state index is 11.9. The van der Waals surface area contributed by atoms with Crippen LogP contribution in [0.15, 0.2) is 16.9 Å². The normalized spacial score (nSPS) is 12.1. The minimum atomic E-state index is -0.253. The Morgan fingerprint density at radius 3 is 3.05 bits per heavy atom. The smallest absolute Gasteiger partial charge is 0.351 e. The lowest BCUT2D eigenvalue weighted by atomic mass is 10.1. The second kappa shape index (κ2) is 4.56. The predicted molar refractivity (Wildman–Crippen MR) is 74.6 cm³/mol. The first-order valence-corrected chi connectivity index (χ1v) is 6.76. The van der Waals surface area contributed by atoms with Gasteiger partial charge in [-0.1, -0.05) is 5.92 Å². The lowest BCUT2D eigenvalue weighted by Crippen LogP contribution is -2.27. The summed E-state index contributed by atoms with van der Waals surface area (Å²) in [6.45, 7) is 2.48. The van der Waals surface area contributed by atoms with Crippen molar-refractivity contribution in [3.63, 3.8) is 0 Å². The molecule has 1 aliphatic heterocycles. The molecule has 3 heterocycles. The number of hydrogen-bond donors (Lipinski definition) is 0. The van der Waals surface area contributed by atoms with Gasteiger partial charge in [0.25, 0.3) is 0 Å². The van der Waals surface area contributed by atoms with Gasteiger partial charge in [0.15, 0.2) is 0 Å². The van der Waals surface area contributed by atoms with Gasteiger partial charge < -0.3 is 4.74 Å². The first-order valence-electron chi connectivity index (χ1n) is 5.94. The van der Waals surface area contributed by atoms with Crippen LogP contribution < -0.4 is 10.4 Å². The minimum absolute atomic E-state index is 0.253. The Kier molecular flexibility index (Phi) is 2.88. The van der Waals surface area contributed by atoms with Crippen molar-refractivity contribution in [1.82, 2.24) is 9.55 Å². The van der Waals surface area contributed by atoms with Crippen molar-refractivity contribution in [2.24, 2.45) is 0 Å². The number of hydrogen-bond acceptors (Lipinski definition) is 4. The number of methoxy groups -OCH3 is 1. The van der Waals surface area contributed by atoms with Crippen molar-refractivity contribution in [2.75, 3.05) is 7.11 Å². The standard InChI is InChI=1S/C14H12N2O2S/c1-3-4-10-7-9-5-6-16-11(13(9)19-10)8-12(18-2)15-14(16)17/h7-8H,5-6H2,1-2H3. The van der Waals surface area contributed by atoms with Gasteiger partial charge in [0.1, 0.15) is 0 Å². The molecule has 0 radical (unpaired) electrons. The molecule has 0 saturated carbocycles. The van der Waals surface area contributed by atoms with Gasteiger partial charge in [-0.2, -0.15) is 4.98 Å². The van der Waals surface area contributed by atoms with Crippen LogP contribution in [0.3, 0.4) is 0 Å². The zero-order valence-electron chi connectivity index (χ0n) is 10.7. The Morgan fingerprint density at radius 2 is 2.32 bits per heavy atom. The van der Waals surface area contributed by atoms with Crippen LogP contribution >= 0.6 is 11.3 Å². The molecule has 0 unspecified atom stereocenters. The molecule has 3 rings (SSSR count). The molecule has 1 aliphatic rings. The minimum Gasteiger partial charge on any atom is -0.481 e. The summed E-state index contributed by atoms with van der Waals surface area (Å²) in [6.07, 6.45) is 0.845. The molecule has 0 aromatic carbocycles. The van der Waals surface area contributed by atoms with Gasteiger partial charge in [-0.15, -0.1) is 17.3 Å². The molecule has 2 aromatic rings. The molecular weight excluding hydrogens is 260 g/mol. The summed E-state index contributed by atoms with van der Waals surface area (Å²) < 4.78 is 6.78. The van der Waals surface area contributed by atoms with Gasteiger partial charge in [0.05, 0.1) is 22.6 Å². The Balaban J connectivity index is 2.24. The first kappa shape index (κ1) is 12.0. The van der Waals surface area contributed by atoms with Crippen LogP contribution in [0.2, 0.25) is 0 Å². The molecule has 2 aromatic heterocycles. The molecule has 0 spiro atoms. The Labute approximate surface area is 114 Å². The van der Waals surface area contributed by atoms with Crippen molar-refractivity contribution in [3.8, 4) is 28.3 Å². The number of aryl methyl sites for hydroxylation is 1. The van der Waals surface area contributed by atoms with Crippen molar-refractivity contribution in [1.29, 1.82) is 0 Å². The highest BCUT2D eigenvalue weighted by molar-refractivity contribution is 7.16. The van der Waals surface area contributed by atoms with E-state index >= 15 is 0 Å². The third-order valence-corrected chi connectivity index (χ3v) is 4.21. The summed E-state index contributed by atoms with van der Waals surface area (Å²) in [5.41, 5.74) is 1.87. The number of thiophene rings is 1. The molecule has 0 fully saturated rings. The monoisotopic (exact) mass is 272 g/mol. The van der Waals surface area contributed by atoms with Crippen LogP contribution in [0.1, 0.15) is 17.4 Å². The molecule has 4 nitrogen and oxygen atoms in total. The van der Waals surface area contributed by atoms with Crippen LogP contribution in [0.25, 0.3) is 10.6 Å². The van der Waals surface area contributed by atoms with E-state index in [4.69, 9.17) is 4.74 Å². The van der Waals surface area contributed by atoms with Crippen molar-refractivity contribution in [3.05, 3.63) is 33.1 Å². The topological polar surface area (TPSA) is 44.1 Å². The molecule has 0 bridgehead atoms. The molecule has 0 N–H and O–H groups in total. The third kappa shape index (κ3) is 1.94. The second-order valence-corrected chi connectivity index (χ2v) is 5.26. The van der Waals surface area contributed by atoms with E-state index < -0.39 is 0 Å². The van der Waals surface area contributed by atoms with Crippen LogP contribution in [-0.2, 0) is 13.0 Å². The molecule has 0 saturated heterocycles. The van der Waals surface area contributed by atoms with Gasteiger partial charge in [-0.3, -0.25) is 4.57 Å². The van der Waals surface area contributed by atoms with Gasteiger partial charge in [-0.25, -0.2) is 4.79 Å². The quantitative estimate of drug-likeness (QED) is 0.745. The Hall–Kier alpha value is -2.06. The van der Waals surface area contributed by atoms with E-state index in [1.54, 1.807) is 15.9 Å². The molecule has 5 heteroatoms. The number of nitrogens with zero attached hydrogens (tertiary/aromatic N) is 2. The van der Waals surface area contributed by atoms with Crippen molar-refractivity contribution < 1.29 is 4.74 Å². The van der Waals surface area contributed by atoms with E-state index in [0.717, 1.165) is 21.9 Å². The summed E-state index contributed by atoms with van der Waals surface area (Å²) in [5.74, 6) is 6.34. The van der Waals surface area contributed by atoms with Gasteiger partial charge in [-0.05, 0) is 25.0 Å². The molecule has 19 heavy (non-hydrogen) atoms. The largest absolute Gasteiger partial charge is 0.481 e. The number of aromatic nitrogens is 2. The SMILES string of the molecule is CC#Cc1cc2c(s1)-c1cc(OC)nc(=O)n1CC2. The first-order chi connectivity index (χ1) is 9.22. The summed E-state index contributed by atoms with van der Waals surface area (Å²) in [4.78, 5) is 17.9. The van der Waals surface area contributed by atoms with E-state index in [0.29, 0.717) is 12.4 Å². The third-order valence-electron chi connectivity index (χ3n) is 3.09. The molecular formula is C14H12N2O2S. The molecule has 0 amide bonds. The van der Waals surface area contributed by atoms with Crippen LogP contribution in [0.4, 0.5) is 0 Å². The van der Waals surface area contributed by atoms with E-state index in [9.17, 15) is 4.79 Å². The summed E-state index contributed by atoms with van der Waals surface area (Å²) >= 11 is 1.61. The Bertz CT molecular complexity index is 762. The van der Waals surface area contributed by atoms with E-state index in [2.05, 4.69) is 22.9 Å². The van der Waals surface area contributed by atoms with E-state index in [-0.39, 0.29) is 5.69 Å². The van der Waals surface area contributed by atoms with Gasteiger partial charge >= 0.3 is 5.69 Å². The van der Waals surface area contributed by atoms with Crippen molar-refractivity contribution in [2.45, 2.75) is 19.9 Å². The highest BCUT2D eigenvalue weighted by atomic mass is 32.1. The van der Waals surface area contributed by atoms with Crippen molar-refractivity contribution >= 4 is 11.3 Å². The van der Waals surface area contributed by atoms with E-state index in [1.165, 1.54) is 12.7 Å². The average Bonchev–Trinajstić information content (AvgIpc) is 2.81. The number of fused-ring (bicyclic) bond motifs is 3. The summed E-state index contributed by atoms with van der Waals surface area (Å²) in [7, 11) is 1.52. The van der Waals surface area contributed by atoms with Crippen LogP contribution in [-0.4, -0.2) is 16.7 Å². The van der Waals surface area contributed by atoms with E-state index in [1.807, 2.05) is 13.0 Å².